The first-order valence-electron chi connectivity index (χ1n) is 11.5. The van der Waals surface area contributed by atoms with Gasteiger partial charge in [0.1, 0.15) is 6.10 Å². The molecule has 4 rings (SSSR count). The number of hydrogen-bond acceptors (Lipinski definition) is 5. The van der Waals surface area contributed by atoms with E-state index < -0.39 is 0 Å². The predicted molar refractivity (Wildman–Crippen MR) is 120 cm³/mol. The minimum Gasteiger partial charge on any atom is -0.379 e. The monoisotopic (exact) mass is 429 g/mol. The number of morpholine rings is 1. The highest BCUT2D eigenvalue weighted by atomic mass is 16.5. The summed E-state index contributed by atoms with van der Waals surface area (Å²) < 4.78 is 11.0. The molecule has 0 aromatic heterocycles. The average molecular weight is 430 g/mol. The van der Waals surface area contributed by atoms with Crippen molar-refractivity contribution in [2.75, 3.05) is 66.1 Å². The molecule has 1 amide bonds. The van der Waals surface area contributed by atoms with Gasteiger partial charge in [-0.3, -0.25) is 14.7 Å². The first-order chi connectivity index (χ1) is 15.2. The molecule has 1 atom stereocenters. The number of piperazine rings is 1. The Morgan fingerprint density at radius 3 is 2.42 bits per heavy atom. The lowest BCUT2D eigenvalue weighted by Crippen LogP contribution is -2.55. The molecule has 3 aliphatic heterocycles. The van der Waals surface area contributed by atoms with Crippen LogP contribution in [-0.4, -0.2) is 98.8 Å². The minimum absolute atomic E-state index is 0.150. The molecule has 3 heterocycles. The zero-order valence-corrected chi connectivity index (χ0v) is 18.6. The summed E-state index contributed by atoms with van der Waals surface area (Å²) in [6.45, 7) is 8.99. The standard InChI is InChI=1S/C23H35N5O3/c1-24-23(28-10-8-27(9-11-28)22(29)21-7-4-14-31-21)25-17-19-5-2-3-6-20(19)18-26-12-15-30-16-13-26/h2-3,5-6,21H,4,7-18H2,1H3,(H,24,25). The summed E-state index contributed by atoms with van der Waals surface area (Å²) in [6.07, 6.45) is 1.61. The van der Waals surface area contributed by atoms with Gasteiger partial charge in [-0.25, -0.2) is 0 Å². The number of ether oxygens (including phenoxy) is 2. The molecule has 0 radical (unpaired) electrons. The largest absolute Gasteiger partial charge is 0.379 e. The van der Waals surface area contributed by atoms with Crippen LogP contribution in [0.5, 0.6) is 0 Å². The van der Waals surface area contributed by atoms with E-state index in [0.29, 0.717) is 19.7 Å². The summed E-state index contributed by atoms with van der Waals surface area (Å²) in [5, 5.41) is 3.54. The predicted octanol–water partition coefficient (Wildman–Crippen LogP) is 0.917. The van der Waals surface area contributed by atoms with Crippen LogP contribution in [0.4, 0.5) is 0 Å². The number of carbonyl (C=O) groups excluding carboxylic acids is 1. The molecule has 3 saturated heterocycles. The molecule has 3 aliphatic rings. The van der Waals surface area contributed by atoms with Gasteiger partial charge < -0.3 is 24.6 Å². The summed E-state index contributed by atoms with van der Waals surface area (Å²) in [4.78, 5) is 23.7. The molecule has 0 aliphatic carbocycles. The summed E-state index contributed by atoms with van der Waals surface area (Å²) in [6, 6.07) is 8.61. The number of nitrogens with one attached hydrogen (secondary N) is 1. The molecule has 3 fully saturated rings. The highest BCUT2D eigenvalue weighted by Crippen LogP contribution is 2.16. The van der Waals surface area contributed by atoms with Crippen molar-refractivity contribution in [1.82, 2.24) is 20.0 Å². The molecular weight excluding hydrogens is 394 g/mol. The van der Waals surface area contributed by atoms with Gasteiger partial charge in [0, 0.05) is 66.0 Å². The van der Waals surface area contributed by atoms with E-state index in [1.807, 2.05) is 11.9 Å². The van der Waals surface area contributed by atoms with Crippen LogP contribution in [0.2, 0.25) is 0 Å². The fourth-order valence-electron chi connectivity index (χ4n) is 4.51. The summed E-state index contributed by atoms with van der Waals surface area (Å²) in [5.74, 6) is 1.04. The molecule has 0 spiro atoms. The van der Waals surface area contributed by atoms with Gasteiger partial charge in [-0.15, -0.1) is 0 Å². The van der Waals surface area contributed by atoms with Gasteiger partial charge >= 0.3 is 0 Å². The van der Waals surface area contributed by atoms with Crippen LogP contribution >= 0.6 is 0 Å². The van der Waals surface area contributed by atoms with Crippen LogP contribution in [0.1, 0.15) is 24.0 Å². The fourth-order valence-corrected chi connectivity index (χ4v) is 4.51. The second kappa shape index (κ2) is 10.9. The van der Waals surface area contributed by atoms with E-state index in [9.17, 15) is 4.79 Å². The van der Waals surface area contributed by atoms with Gasteiger partial charge in [0.15, 0.2) is 5.96 Å². The Bertz CT molecular complexity index is 751. The van der Waals surface area contributed by atoms with Gasteiger partial charge in [-0.05, 0) is 24.0 Å². The number of nitrogens with zero attached hydrogens (tertiary/aromatic N) is 4. The number of guanidine groups is 1. The van der Waals surface area contributed by atoms with E-state index >= 15 is 0 Å². The second-order valence-electron chi connectivity index (χ2n) is 8.37. The Labute approximate surface area is 185 Å². The van der Waals surface area contributed by atoms with E-state index in [-0.39, 0.29) is 12.0 Å². The molecule has 1 unspecified atom stereocenters. The quantitative estimate of drug-likeness (QED) is 0.555. The molecule has 8 nitrogen and oxygen atoms in total. The van der Waals surface area contributed by atoms with Crippen LogP contribution in [0.15, 0.2) is 29.3 Å². The topological polar surface area (TPSA) is 69.6 Å². The number of carbonyl (C=O) groups is 1. The normalized spacial score (nSPS) is 23.3. The number of aliphatic imine (C=N–C) groups is 1. The van der Waals surface area contributed by atoms with Crippen molar-refractivity contribution in [3.63, 3.8) is 0 Å². The van der Waals surface area contributed by atoms with Crippen LogP contribution in [0.25, 0.3) is 0 Å². The molecule has 31 heavy (non-hydrogen) atoms. The molecule has 8 heteroatoms. The number of benzene rings is 1. The fraction of sp³-hybridized carbons (Fsp3) is 0.652. The maximum Gasteiger partial charge on any atom is 0.251 e. The van der Waals surface area contributed by atoms with Crippen molar-refractivity contribution in [2.45, 2.75) is 32.0 Å². The first-order valence-corrected chi connectivity index (χ1v) is 11.5. The van der Waals surface area contributed by atoms with Crippen molar-refractivity contribution >= 4 is 11.9 Å². The SMILES string of the molecule is CN=C(NCc1ccccc1CN1CCOCC1)N1CCN(C(=O)C2CCCO2)CC1. The Morgan fingerprint density at radius 1 is 1.03 bits per heavy atom. The second-order valence-corrected chi connectivity index (χ2v) is 8.37. The lowest BCUT2D eigenvalue weighted by molar-refractivity contribution is -0.142. The van der Waals surface area contributed by atoms with Gasteiger partial charge in [-0.2, -0.15) is 0 Å². The lowest BCUT2D eigenvalue weighted by atomic mass is 10.1. The molecule has 0 bridgehead atoms. The van der Waals surface area contributed by atoms with E-state index in [2.05, 4.69) is 44.4 Å². The third-order valence-electron chi connectivity index (χ3n) is 6.36. The van der Waals surface area contributed by atoms with Crippen LogP contribution < -0.4 is 5.32 Å². The van der Waals surface area contributed by atoms with Crippen LogP contribution in [0, 0.1) is 0 Å². The minimum atomic E-state index is -0.230. The zero-order chi connectivity index (χ0) is 21.5. The van der Waals surface area contributed by atoms with E-state index in [0.717, 1.165) is 71.3 Å². The van der Waals surface area contributed by atoms with Crippen molar-refractivity contribution in [2.24, 2.45) is 4.99 Å². The summed E-state index contributed by atoms with van der Waals surface area (Å²) in [7, 11) is 1.83. The highest BCUT2D eigenvalue weighted by molar-refractivity contribution is 5.82. The number of amides is 1. The summed E-state index contributed by atoms with van der Waals surface area (Å²) >= 11 is 0. The van der Waals surface area contributed by atoms with Crippen molar-refractivity contribution in [1.29, 1.82) is 0 Å². The first kappa shape index (κ1) is 22.0. The van der Waals surface area contributed by atoms with Crippen LogP contribution in [-0.2, 0) is 27.4 Å². The Morgan fingerprint density at radius 2 is 1.74 bits per heavy atom. The van der Waals surface area contributed by atoms with Crippen LogP contribution in [0.3, 0.4) is 0 Å². The molecule has 1 aromatic carbocycles. The lowest BCUT2D eigenvalue weighted by Gasteiger charge is -2.37. The van der Waals surface area contributed by atoms with Gasteiger partial charge in [0.2, 0.25) is 0 Å². The van der Waals surface area contributed by atoms with E-state index in [1.165, 1.54) is 11.1 Å². The van der Waals surface area contributed by atoms with Gasteiger partial charge in [0.25, 0.3) is 5.91 Å². The Balaban J connectivity index is 1.29. The summed E-state index contributed by atoms with van der Waals surface area (Å²) in [5.41, 5.74) is 2.64. The molecule has 170 valence electrons. The Kier molecular flexibility index (Phi) is 7.77. The molecular formula is C23H35N5O3. The smallest absolute Gasteiger partial charge is 0.251 e. The van der Waals surface area contributed by atoms with Crippen molar-refractivity contribution < 1.29 is 14.3 Å². The van der Waals surface area contributed by atoms with Gasteiger partial charge in [0.05, 0.1) is 13.2 Å². The zero-order valence-electron chi connectivity index (χ0n) is 18.6. The average Bonchev–Trinajstić information content (AvgIpc) is 3.36. The Hall–Kier alpha value is -2.16. The van der Waals surface area contributed by atoms with E-state index in [4.69, 9.17) is 9.47 Å². The third-order valence-corrected chi connectivity index (χ3v) is 6.36. The van der Waals surface area contributed by atoms with Gasteiger partial charge in [-0.1, -0.05) is 24.3 Å². The third kappa shape index (κ3) is 5.75. The van der Waals surface area contributed by atoms with Crippen molar-refractivity contribution in [3.05, 3.63) is 35.4 Å². The molecule has 0 saturated carbocycles. The van der Waals surface area contributed by atoms with Crippen molar-refractivity contribution in [3.8, 4) is 0 Å². The highest BCUT2D eigenvalue weighted by Gasteiger charge is 2.30. The maximum absolute atomic E-state index is 12.6. The maximum atomic E-state index is 12.6. The molecule has 1 aromatic rings. The molecule has 1 N–H and O–H groups in total. The number of rotatable bonds is 5. The van der Waals surface area contributed by atoms with E-state index in [1.54, 1.807) is 0 Å². The number of hydrogen-bond donors (Lipinski definition) is 1.